The number of ketones is 3. The van der Waals surface area contributed by atoms with Gasteiger partial charge in [-0.1, -0.05) is 97.4 Å². The van der Waals surface area contributed by atoms with Gasteiger partial charge in [-0.2, -0.15) is 0 Å². The van der Waals surface area contributed by atoms with Gasteiger partial charge in [0.2, 0.25) is 23.6 Å². The highest BCUT2D eigenvalue weighted by Gasteiger charge is 2.44. The van der Waals surface area contributed by atoms with Gasteiger partial charge in [0, 0.05) is 101 Å². The van der Waals surface area contributed by atoms with E-state index in [-0.39, 0.29) is 104 Å². The number of nitrogens with one attached hydrogen (secondary N) is 6. The highest BCUT2D eigenvalue weighted by molar-refractivity contribution is 7.09. The van der Waals surface area contributed by atoms with Crippen molar-refractivity contribution >= 4 is 82.2 Å². The standard InChI is InChI=1S/C72H112N10O14S.C4H4N2O2/c1-16-46(6)62(58(93-14)42-60(86)82-36-23-28-55(82)63(94-15)47(7)56(83)40-51(66-75-35-37-97-66)38-48-24-18-17-19-25-48)81(13)67(89)53(44(2)3)41-59(85)72(11,12)80-70(92)95-43-49-29-31-52(32-30-49)78-64(87)50(26-22-34-76-68(74)90)39-57(84)61(45(4)5)79-65(88)54(73)27-20-21-33-77-69(91)96-71(8,9)10;7-4(8)3-1-5-2-6-3/h17-19,24-25,29-32,35,37,44-47,50-51,53-55,58,61-63H,16,20-23,26-28,33-34,36,38-43,73H2,1-15H3,(H,77,91)(H,78,87)(H,79,88)(H,80,92)(H3,74,76,90);1-2H,(H,5,6)(H,7,8)/t46-,47-,50+,51+,53-,54-,55-,58+,61-,62-,63+;/m0./s1. The second-order valence-corrected chi connectivity index (χ2v) is 30.3. The first-order valence-electron chi connectivity index (χ1n) is 36.3. The summed E-state index contributed by atoms with van der Waals surface area (Å²) in [6, 6.07) is 13.0. The molecule has 8 amide bonds. The minimum atomic E-state index is -1.47. The van der Waals surface area contributed by atoms with Gasteiger partial charge in [-0.05, 0) is 127 Å². The number of amides is 8. The van der Waals surface area contributed by atoms with Crippen molar-refractivity contribution in [2.75, 3.05) is 46.2 Å². The highest BCUT2D eigenvalue weighted by atomic mass is 32.1. The van der Waals surface area contributed by atoms with Crippen LogP contribution in [-0.4, -0.2) is 183 Å². The van der Waals surface area contributed by atoms with Crippen LogP contribution in [0.3, 0.4) is 0 Å². The van der Waals surface area contributed by atoms with Crippen LogP contribution in [0.2, 0.25) is 0 Å². The maximum Gasteiger partial charge on any atom is 0.408 e. The Kier molecular flexibility index (Phi) is 36.9. The minimum Gasteiger partial charge on any atom is -0.477 e. The summed E-state index contributed by atoms with van der Waals surface area (Å²) in [7, 11) is 4.80. The molecule has 28 nitrogen and oxygen atoms in total. The Bertz CT molecular complexity index is 3400. The Labute approximate surface area is 622 Å². The van der Waals surface area contributed by atoms with E-state index in [0.29, 0.717) is 69.3 Å². The number of nitrogens with two attached hydrogens (primary N) is 2. The number of unbranched alkanes of at least 4 members (excludes halogenated alkanes) is 1. The third-order valence-corrected chi connectivity index (χ3v) is 19.9. The quantitative estimate of drug-likeness (QED) is 0.0186. The smallest absolute Gasteiger partial charge is 0.408 e. The van der Waals surface area contributed by atoms with Crippen LogP contribution in [0.15, 0.2) is 78.7 Å². The second-order valence-electron chi connectivity index (χ2n) is 29.3. The lowest BCUT2D eigenvalue weighted by Crippen LogP contribution is -2.55. The van der Waals surface area contributed by atoms with Crippen LogP contribution in [0.25, 0.3) is 0 Å². The first kappa shape index (κ1) is 88.7. The summed E-state index contributed by atoms with van der Waals surface area (Å²) in [5.41, 5.74) is 11.5. The number of likely N-dealkylation sites (N-methyl/N-ethyl adjacent to an activating group) is 1. The van der Waals surface area contributed by atoms with E-state index in [2.05, 4.69) is 53.7 Å². The van der Waals surface area contributed by atoms with Crippen molar-refractivity contribution in [2.24, 2.45) is 47.0 Å². The largest absolute Gasteiger partial charge is 0.477 e. The number of alkyl carbamates (subject to hydrolysis) is 2. The van der Waals surface area contributed by atoms with Gasteiger partial charge in [-0.15, -0.1) is 11.3 Å². The zero-order valence-electron chi connectivity index (χ0n) is 64.0. The fraction of sp³-hybridized carbons (Fsp3) is 0.618. The monoisotopic (exact) mass is 1480 g/mol. The summed E-state index contributed by atoms with van der Waals surface area (Å²) in [6.07, 6.45) is 5.94. The molecule has 2 aromatic heterocycles. The zero-order valence-corrected chi connectivity index (χ0v) is 64.8. The number of benzene rings is 2. The Morgan fingerprint density at radius 2 is 1.47 bits per heavy atom. The summed E-state index contributed by atoms with van der Waals surface area (Å²) in [5.74, 6) is -6.36. The average molecular weight is 1490 g/mol. The number of ether oxygens (including phenoxy) is 4. The molecule has 11 N–H and O–H groups in total. The molecule has 4 aromatic rings. The number of methoxy groups -OCH3 is 2. The molecule has 0 unspecified atom stereocenters. The molecule has 1 aliphatic rings. The van der Waals surface area contributed by atoms with Crippen molar-refractivity contribution in [3.05, 3.63) is 101 Å². The number of carbonyl (C=O) groups is 11. The number of carboxylic acid groups (broad SMARTS) is 1. The van der Waals surface area contributed by atoms with Crippen LogP contribution >= 0.6 is 11.3 Å². The molecule has 0 radical (unpaired) electrons. The number of hydrogen-bond donors (Lipinski definition) is 9. The average Bonchev–Trinajstić information content (AvgIpc) is 1.80. The van der Waals surface area contributed by atoms with Crippen LogP contribution in [-0.2, 0) is 65.5 Å². The number of rotatable bonds is 42. The fourth-order valence-corrected chi connectivity index (χ4v) is 13.5. The molecule has 0 aliphatic carbocycles. The van der Waals surface area contributed by atoms with E-state index in [9.17, 15) is 52.7 Å². The topological polar surface area (TPSA) is 405 Å². The number of hydrogen-bond acceptors (Lipinski definition) is 19. The number of carboxylic acids is 1. The lowest BCUT2D eigenvalue weighted by atomic mass is 9.83. The van der Waals surface area contributed by atoms with Gasteiger partial charge in [-0.3, -0.25) is 33.6 Å². The van der Waals surface area contributed by atoms with Crippen molar-refractivity contribution in [2.45, 2.75) is 227 Å². The van der Waals surface area contributed by atoms with Crippen LogP contribution < -0.4 is 38.1 Å². The SMILES string of the molecule is CC[C@H](C)[C@@H]([C@@H](CC(=O)N1CCC[C@H]1[C@H](OC)[C@@H](C)C(=O)C[C@@H](Cc1ccccc1)c1nccs1)OC)N(C)C(=O)[C@@H](CC(=O)C(C)(C)NC(=O)OCc1ccc(NC(=O)[C@H](CCCNC(N)=O)CC(=O)[C@@H](NC(=O)[C@@H](N)CCCCNC(=O)OC(C)(C)C)C(C)C)cc1)C(C)C.O=C(O)c1cnc[nH]1. The molecule has 29 heteroatoms. The number of thiazole rings is 1. The number of likely N-dealkylation sites (tertiary alicyclic amines) is 1. The first-order chi connectivity index (χ1) is 49.5. The first-order valence-corrected chi connectivity index (χ1v) is 37.2. The molecule has 0 bridgehead atoms. The zero-order chi connectivity index (χ0) is 78.3. The molecular formula is C76H116N12O16S. The third kappa shape index (κ3) is 29.7. The van der Waals surface area contributed by atoms with Crippen LogP contribution in [0.4, 0.5) is 20.1 Å². The molecule has 105 heavy (non-hydrogen) atoms. The van der Waals surface area contributed by atoms with E-state index in [1.54, 1.807) is 98.0 Å². The Balaban J connectivity index is 0.00000272. The van der Waals surface area contributed by atoms with E-state index in [1.165, 1.54) is 31.0 Å². The number of imidazole rings is 1. The molecule has 582 valence electrons. The molecule has 1 saturated heterocycles. The van der Waals surface area contributed by atoms with Gasteiger partial charge < -0.3 is 76.9 Å². The number of aromatic nitrogens is 3. The van der Waals surface area contributed by atoms with Gasteiger partial charge >= 0.3 is 24.2 Å². The molecule has 5 rings (SSSR count). The molecule has 1 fully saturated rings. The summed E-state index contributed by atoms with van der Waals surface area (Å²) in [5, 5.41) is 24.5. The number of carbonyl (C=O) groups excluding carboxylic acids is 10. The lowest BCUT2D eigenvalue weighted by molar-refractivity contribution is -0.149. The molecule has 0 spiro atoms. The Morgan fingerprint density at radius 1 is 0.790 bits per heavy atom. The number of anilines is 1. The molecule has 11 atom stereocenters. The molecule has 2 aromatic carbocycles. The number of Topliss-reactive ketones (excluding diaryl/α,β-unsaturated/α-hetero) is 3. The van der Waals surface area contributed by atoms with Crippen molar-refractivity contribution in [3.8, 4) is 0 Å². The van der Waals surface area contributed by atoms with Gasteiger partial charge in [-0.25, -0.2) is 29.1 Å². The number of H-pyrrole nitrogens is 1. The normalized spacial score (nSPS) is 15.9. The van der Waals surface area contributed by atoms with Crippen LogP contribution in [0, 0.1) is 35.5 Å². The van der Waals surface area contributed by atoms with Gasteiger partial charge in [0.25, 0.3) is 0 Å². The van der Waals surface area contributed by atoms with E-state index in [1.807, 2.05) is 63.1 Å². The van der Waals surface area contributed by atoms with Gasteiger partial charge in [0.15, 0.2) is 11.6 Å². The lowest BCUT2D eigenvalue weighted by Gasteiger charge is -2.41. The summed E-state index contributed by atoms with van der Waals surface area (Å²) in [6.45, 7) is 22.3. The van der Waals surface area contributed by atoms with E-state index in [0.717, 1.165) is 17.0 Å². The molecular weight excluding hydrogens is 1370 g/mol. The third-order valence-electron chi connectivity index (χ3n) is 19.0. The maximum atomic E-state index is 14.8. The minimum absolute atomic E-state index is 0.0338. The van der Waals surface area contributed by atoms with Crippen LogP contribution in [0.1, 0.15) is 193 Å². The number of aromatic carboxylic acids is 1. The number of urea groups is 1. The van der Waals surface area contributed by atoms with Crippen molar-refractivity contribution in [1.82, 2.24) is 46.0 Å². The van der Waals surface area contributed by atoms with E-state index >= 15 is 0 Å². The molecule has 1 aliphatic heterocycles. The maximum absolute atomic E-state index is 14.8. The van der Waals surface area contributed by atoms with E-state index in [4.69, 9.17) is 35.5 Å². The van der Waals surface area contributed by atoms with Crippen LogP contribution in [0.5, 0.6) is 0 Å². The summed E-state index contributed by atoms with van der Waals surface area (Å²) >= 11 is 1.53. The predicted octanol–water partition coefficient (Wildman–Crippen LogP) is 9.52. The Hall–Kier alpha value is -8.67. The van der Waals surface area contributed by atoms with E-state index < -0.39 is 101 Å². The van der Waals surface area contributed by atoms with Crippen molar-refractivity contribution in [1.29, 1.82) is 0 Å². The molecule has 3 heterocycles. The molecule has 0 saturated carbocycles. The predicted molar refractivity (Wildman–Crippen MR) is 399 cm³/mol. The van der Waals surface area contributed by atoms with Crippen molar-refractivity contribution < 1.29 is 76.8 Å². The summed E-state index contributed by atoms with van der Waals surface area (Å²) < 4.78 is 23.1. The van der Waals surface area contributed by atoms with Crippen molar-refractivity contribution in [3.63, 3.8) is 0 Å². The summed E-state index contributed by atoms with van der Waals surface area (Å²) in [4.78, 5) is 160. The highest BCUT2D eigenvalue weighted by Crippen LogP contribution is 2.34. The second kappa shape index (κ2) is 43.7. The number of primary amides is 1. The Morgan fingerprint density at radius 3 is 2.03 bits per heavy atom. The fourth-order valence-electron chi connectivity index (χ4n) is 12.7. The number of aromatic amines is 1. The van der Waals surface area contributed by atoms with Gasteiger partial charge in [0.1, 0.15) is 23.7 Å². The van der Waals surface area contributed by atoms with Gasteiger partial charge in [0.05, 0.1) is 65.9 Å². The number of nitrogens with zero attached hydrogens (tertiary/aromatic N) is 4.